The molecule has 94 valence electrons. The molecule has 3 nitrogen and oxygen atoms in total. The Morgan fingerprint density at radius 2 is 1.75 bits per heavy atom. The first-order valence-corrected chi connectivity index (χ1v) is 6.82. The van der Waals surface area contributed by atoms with Gasteiger partial charge in [0.25, 0.3) is 0 Å². The minimum absolute atomic E-state index is 0.240. The zero-order valence-electron chi connectivity index (χ0n) is 10.3. The molecule has 0 saturated heterocycles. The number of carbonyl (C=O) groups is 1. The first-order valence-electron chi connectivity index (χ1n) is 6.82. The third kappa shape index (κ3) is 6.11. The van der Waals surface area contributed by atoms with Crippen LogP contribution in [0.2, 0.25) is 0 Å². The lowest BCUT2D eigenvalue weighted by atomic mass is 10.1. The maximum Gasteiger partial charge on any atom is 0.220 e. The number of unbranched alkanes of at least 4 members (excludes halogenated alkanes) is 2. The number of nitrogens with one attached hydrogen (secondary N) is 1. The molecule has 1 amide bonds. The van der Waals surface area contributed by atoms with Crippen LogP contribution in [0, 0.1) is 0 Å². The van der Waals surface area contributed by atoms with E-state index in [-0.39, 0.29) is 5.91 Å². The van der Waals surface area contributed by atoms with Gasteiger partial charge in [0, 0.05) is 12.5 Å². The molecule has 16 heavy (non-hydrogen) atoms. The van der Waals surface area contributed by atoms with Crippen molar-refractivity contribution in [1.82, 2.24) is 5.32 Å². The van der Waals surface area contributed by atoms with E-state index in [1.165, 1.54) is 38.5 Å². The fraction of sp³-hybridized carbons (Fsp3) is 0.923. The van der Waals surface area contributed by atoms with E-state index in [0.717, 1.165) is 25.8 Å². The maximum atomic E-state index is 11.6. The second-order valence-electron chi connectivity index (χ2n) is 4.86. The second-order valence-corrected chi connectivity index (χ2v) is 4.86. The van der Waals surface area contributed by atoms with Crippen LogP contribution in [0.5, 0.6) is 0 Å². The summed E-state index contributed by atoms with van der Waals surface area (Å²) in [5, 5.41) is 3.17. The van der Waals surface area contributed by atoms with Gasteiger partial charge in [0.15, 0.2) is 0 Å². The van der Waals surface area contributed by atoms with Crippen molar-refractivity contribution in [2.24, 2.45) is 5.73 Å². The molecule has 3 heteroatoms. The van der Waals surface area contributed by atoms with Crippen LogP contribution in [-0.4, -0.2) is 18.5 Å². The molecular formula is C13H26N2O. The second kappa shape index (κ2) is 8.57. The third-order valence-electron chi connectivity index (χ3n) is 3.33. The molecule has 0 aromatic heterocycles. The predicted octanol–water partition coefficient (Wildman–Crippen LogP) is 2.34. The Hall–Kier alpha value is -0.570. The van der Waals surface area contributed by atoms with E-state index in [1.807, 2.05) is 0 Å². The smallest absolute Gasteiger partial charge is 0.220 e. The van der Waals surface area contributed by atoms with Crippen LogP contribution in [0.4, 0.5) is 0 Å². The van der Waals surface area contributed by atoms with Crippen LogP contribution in [0.15, 0.2) is 0 Å². The van der Waals surface area contributed by atoms with Crippen molar-refractivity contribution in [2.45, 2.75) is 70.3 Å². The average Bonchev–Trinajstić information content (AvgIpc) is 2.53. The van der Waals surface area contributed by atoms with Gasteiger partial charge in [-0.3, -0.25) is 4.79 Å². The molecule has 1 rings (SSSR count). The van der Waals surface area contributed by atoms with Crippen LogP contribution in [-0.2, 0) is 4.79 Å². The van der Waals surface area contributed by atoms with Gasteiger partial charge in [-0.2, -0.15) is 0 Å². The van der Waals surface area contributed by atoms with Gasteiger partial charge in [-0.05, 0) is 32.2 Å². The van der Waals surface area contributed by atoms with E-state index in [9.17, 15) is 4.79 Å². The van der Waals surface area contributed by atoms with E-state index in [4.69, 9.17) is 5.73 Å². The zero-order chi connectivity index (χ0) is 11.6. The lowest BCUT2D eigenvalue weighted by Crippen LogP contribution is -2.34. The molecule has 1 saturated carbocycles. The Morgan fingerprint density at radius 1 is 1.06 bits per heavy atom. The van der Waals surface area contributed by atoms with Crippen molar-refractivity contribution in [3.63, 3.8) is 0 Å². The summed E-state index contributed by atoms with van der Waals surface area (Å²) >= 11 is 0. The Morgan fingerprint density at radius 3 is 2.38 bits per heavy atom. The van der Waals surface area contributed by atoms with E-state index in [0.29, 0.717) is 12.5 Å². The van der Waals surface area contributed by atoms with Crippen molar-refractivity contribution < 1.29 is 4.79 Å². The van der Waals surface area contributed by atoms with Gasteiger partial charge in [-0.15, -0.1) is 0 Å². The van der Waals surface area contributed by atoms with Crippen molar-refractivity contribution in [3.8, 4) is 0 Å². The van der Waals surface area contributed by atoms with Gasteiger partial charge >= 0.3 is 0 Å². The standard InChI is InChI=1S/C13H26N2O/c14-11-7-3-6-10-13(16)15-12-8-4-1-2-5-9-12/h12H,1-11,14H2,(H,15,16). The van der Waals surface area contributed by atoms with Gasteiger partial charge in [0.2, 0.25) is 5.91 Å². The van der Waals surface area contributed by atoms with Crippen molar-refractivity contribution in [1.29, 1.82) is 0 Å². The molecule has 0 bridgehead atoms. The summed E-state index contributed by atoms with van der Waals surface area (Å²) in [6.07, 6.45) is 11.3. The summed E-state index contributed by atoms with van der Waals surface area (Å²) in [6.45, 7) is 0.740. The molecule has 0 atom stereocenters. The van der Waals surface area contributed by atoms with Gasteiger partial charge in [0.05, 0.1) is 0 Å². The molecule has 0 spiro atoms. The Balaban J connectivity index is 2.07. The molecule has 0 heterocycles. The molecule has 1 aliphatic rings. The first-order chi connectivity index (χ1) is 7.83. The lowest BCUT2D eigenvalue weighted by Gasteiger charge is -2.16. The first kappa shape index (κ1) is 13.5. The number of hydrogen-bond acceptors (Lipinski definition) is 2. The highest BCUT2D eigenvalue weighted by atomic mass is 16.1. The highest BCUT2D eigenvalue weighted by Gasteiger charge is 2.13. The van der Waals surface area contributed by atoms with Gasteiger partial charge < -0.3 is 11.1 Å². The Kier molecular flexibility index (Phi) is 7.23. The number of amides is 1. The van der Waals surface area contributed by atoms with Crippen LogP contribution >= 0.6 is 0 Å². The van der Waals surface area contributed by atoms with E-state index in [2.05, 4.69) is 5.32 Å². The quantitative estimate of drug-likeness (QED) is 0.539. The monoisotopic (exact) mass is 226 g/mol. The Labute approximate surface area is 99.2 Å². The van der Waals surface area contributed by atoms with Crippen molar-refractivity contribution in [2.75, 3.05) is 6.54 Å². The minimum atomic E-state index is 0.240. The summed E-state index contributed by atoms with van der Waals surface area (Å²) in [7, 11) is 0. The van der Waals surface area contributed by atoms with Crippen molar-refractivity contribution in [3.05, 3.63) is 0 Å². The van der Waals surface area contributed by atoms with Gasteiger partial charge in [0.1, 0.15) is 0 Å². The molecule has 0 radical (unpaired) electrons. The minimum Gasteiger partial charge on any atom is -0.353 e. The molecule has 1 aliphatic carbocycles. The highest BCUT2D eigenvalue weighted by Crippen LogP contribution is 2.17. The molecule has 3 N–H and O–H groups in total. The Bertz CT molecular complexity index is 186. The maximum absolute atomic E-state index is 11.6. The summed E-state index contributed by atoms with van der Waals surface area (Å²) < 4.78 is 0. The normalized spacial score (nSPS) is 18.1. The molecule has 0 aliphatic heterocycles. The number of rotatable bonds is 6. The molecule has 0 aromatic carbocycles. The third-order valence-corrected chi connectivity index (χ3v) is 3.33. The molecular weight excluding hydrogens is 200 g/mol. The number of nitrogens with two attached hydrogens (primary N) is 1. The largest absolute Gasteiger partial charge is 0.353 e. The predicted molar refractivity (Wildman–Crippen MR) is 67.2 cm³/mol. The van der Waals surface area contributed by atoms with Crippen molar-refractivity contribution >= 4 is 5.91 Å². The molecule has 0 aromatic rings. The van der Waals surface area contributed by atoms with Crippen LogP contribution < -0.4 is 11.1 Å². The lowest BCUT2D eigenvalue weighted by molar-refractivity contribution is -0.122. The summed E-state index contributed by atoms with van der Waals surface area (Å²) in [5.41, 5.74) is 5.41. The van der Waals surface area contributed by atoms with Crippen LogP contribution in [0.3, 0.4) is 0 Å². The summed E-state index contributed by atoms with van der Waals surface area (Å²) in [5.74, 6) is 0.240. The van der Waals surface area contributed by atoms with E-state index >= 15 is 0 Å². The van der Waals surface area contributed by atoms with E-state index in [1.54, 1.807) is 0 Å². The summed E-state index contributed by atoms with van der Waals surface area (Å²) in [4.78, 5) is 11.6. The fourth-order valence-corrected chi connectivity index (χ4v) is 2.33. The van der Waals surface area contributed by atoms with Crippen LogP contribution in [0.1, 0.15) is 64.2 Å². The fourth-order valence-electron chi connectivity index (χ4n) is 2.33. The van der Waals surface area contributed by atoms with Crippen LogP contribution in [0.25, 0.3) is 0 Å². The highest BCUT2D eigenvalue weighted by molar-refractivity contribution is 5.76. The molecule has 0 unspecified atom stereocenters. The number of carbonyl (C=O) groups excluding carboxylic acids is 1. The SMILES string of the molecule is NCCCCCC(=O)NC1CCCCCC1. The van der Waals surface area contributed by atoms with Gasteiger partial charge in [-0.1, -0.05) is 32.1 Å². The summed E-state index contributed by atoms with van der Waals surface area (Å²) in [6, 6.07) is 0.449. The van der Waals surface area contributed by atoms with Gasteiger partial charge in [-0.25, -0.2) is 0 Å². The average molecular weight is 226 g/mol. The van der Waals surface area contributed by atoms with E-state index < -0.39 is 0 Å². The zero-order valence-corrected chi connectivity index (χ0v) is 10.3. The molecule has 1 fully saturated rings. The number of hydrogen-bond donors (Lipinski definition) is 2. The topological polar surface area (TPSA) is 55.1 Å².